The first-order chi connectivity index (χ1) is 22.4. The first kappa shape index (κ1) is 35.4. The molecule has 0 radical (unpaired) electrons. The highest BCUT2D eigenvalue weighted by Gasteiger charge is 2.30. The van der Waals surface area contributed by atoms with Crippen LogP contribution in [0.25, 0.3) is 10.9 Å². The molecule has 1 saturated heterocycles. The highest BCUT2D eigenvalue weighted by atomic mass is 19.4. The van der Waals surface area contributed by atoms with Crippen molar-refractivity contribution in [3.63, 3.8) is 0 Å². The highest BCUT2D eigenvalue weighted by Crippen LogP contribution is 2.31. The number of amides is 1. The Kier molecular flexibility index (Phi) is 12.4. The van der Waals surface area contributed by atoms with Crippen molar-refractivity contribution in [3.05, 3.63) is 53.7 Å². The molecule has 4 rings (SSSR count). The number of benzene rings is 2. The van der Waals surface area contributed by atoms with Gasteiger partial charge in [0.25, 0.3) is 5.91 Å². The largest absolute Gasteiger partial charge is 0.495 e. The molecule has 2 heterocycles. The molecule has 13 heteroatoms. The van der Waals surface area contributed by atoms with Crippen LogP contribution in [0, 0.1) is 17.8 Å². The van der Waals surface area contributed by atoms with Crippen LogP contribution in [-0.4, -0.2) is 85.7 Å². The summed E-state index contributed by atoms with van der Waals surface area (Å²) in [5, 5.41) is 18.4. The molecule has 1 aliphatic rings. The number of carboxylic acid groups (broad SMARTS) is 1. The fourth-order valence-corrected chi connectivity index (χ4v) is 5.60. The minimum absolute atomic E-state index is 0.0882. The molecule has 1 aliphatic heterocycles. The van der Waals surface area contributed by atoms with Gasteiger partial charge in [-0.05, 0) is 75.2 Å². The lowest BCUT2D eigenvalue weighted by atomic mass is 9.95. The Labute approximate surface area is 271 Å². The molecule has 2 aromatic carbocycles. The maximum atomic E-state index is 14.6. The van der Waals surface area contributed by atoms with Crippen LogP contribution in [0.1, 0.15) is 48.2 Å². The summed E-state index contributed by atoms with van der Waals surface area (Å²) < 4.78 is 62.0. The number of ether oxygens (including phenoxy) is 1. The molecular weight excluding hydrogens is 618 g/mol. The number of anilines is 2. The number of hydrogen-bond donors (Lipinski definition) is 4. The van der Waals surface area contributed by atoms with Crippen molar-refractivity contribution in [2.75, 3.05) is 57.5 Å². The molecule has 0 spiro atoms. The summed E-state index contributed by atoms with van der Waals surface area (Å²) in [6.07, 6.45) is -2.77. The van der Waals surface area contributed by atoms with Crippen LogP contribution in [0.4, 0.5) is 28.9 Å². The molecule has 3 aromatic rings. The molecule has 1 fully saturated rings. The lowest BCUT2D eigenvalue weighted by Gasteiger charge is -2.32. The average molecular weight is 660 g/mol. The summed E-state index contributed by atoms with van der Waals surface area (Å²) in [6.45, 7) is 0.812. The van der Waals surface area contributed by atoms with E-state index in [4.69, 9.17) is 9.84 Å². The molecule has 2 atom stereocenters. The molecule has 0 saturated carbocycles. The van der Waals surface area contributed by atoms with Gasteiger partial charge in [-0.3, -0.25) is 9.59 Å². The summed E-state index contributed by atoms with van der Waals surface area (Å²) in [5.41, 5.74) is 2.12. The monoisotopic (exact) mass is 659 g/mol. The Bertz CT molecular complexity index is 1600. The number of carbonyl (C=O) groups is 2. The van der Waals surface area contributed by atoms with E-state index in [9.17, 15) is 27.2 Å². The van der Waals surface area contributed by atoms with Gasteiger partial charge in [-0.1, -0.05) is 18.4 Å². The van der Waals surface area contributed by atoms with Crippen LogP contribution in [0.5, 0.6) is 5.75 Å². The quantitative estimate of drug-likeness (QED) is 0.0992. The zero-order valence-electron chi connectivity index (χ0n) is 26.6. The van der Waals surface area contributed by atoms with Gasteiger partial charge in [0.05, 0.1) is 30.6 Å². The number of nitrogens with one attached hydrogen (secondary N) is 3. The van der Waals surface area contributed by atoms with Gasteiger partial charge < -0.3 is 35.3 Å². The first-order valence-corrected chi connectivity index (χ1v) is 15.6. The number of piperidine rings is 1. The van der Waals surface area contributed by atoms with Crippen molar-refractivity contribution in [2.45, 2.75) is 51.0 Å². The van der Waals surface area contributed by atoms with Gasteiger partial charge in [-0.15, -0.1) is 0 Å². The third-order valence-corrected chi connectivity index (χ3v) is 8.12. The molecule has 1 amide bonds. The Balaban J connectivity index is 1.43. The smallest absolute Gasteiger partial charge is 0.406 e. The number of unbranched alkanes of at least 4 members (excludes halogenated alkanes) is 2. The minimum Gasteiger partial charge on any atom is -0.495 e. The maximum Gasteiger partial charge on any atom is 0.406 e. The number of hydrogen-bond acceptors (Lipinski definition) is 6. The number of likely N-dealkylation sites (tertiary alicyclic amines) is 1. The standard InChI is InChI=1S/C34H41F4N5O4/c1-42-17-14-24(27(35)21-42)20-41-28-9-6-10-30-26(28)19-25(43(30)22-34(36,37)38)8-7-16-39-29-13-12-23(18-31(29)47-2)33(46)40-15-5-3-4-11-32(44)45/h6,9-10,12-13,18-19,24,27,39,41H,3-5,11,14-17,20-22H2,1-2H3,(H,40,46)(H,44,45)/t24-,27-/m1/s1. The zero-order chi connectivity index (χ0) is 34.0. The number of alkyl halides is 4. The van der Waals surface area contributed by atoms with Crippen molar-refractivity contribution in [1.82, 2.24) is 14.8 Å². The molecule has 47 heavy (non-hydrogen) atoms. The second kappa shape index (κ2) is 16.4. The van der Waals surface area contributed by atoms with Gasteiger partial charge in [0.1, 0.15) is 18.5 Å². The molecule has 9 nitrogen and oxygen atoms in total. The van der Waals surface area contributed by atoms with E-state index in [1.807, 2.05) is 11.9 Å². The number of aromatic nitrogens is 1. The summed E-state index contributed by atoms with van der Waals surface area (Å²) in [7, 11) is 3.34. The van der Waals surface area contributed by atoms with Gasteiger partial charge in [-0.2, -0.15) is 13.2 Å². The van der Waals surface area contributed by atoms with Crippen LogP contribution in [0.2, 0.25) is 0 Å². The number of aliphatic carboxylic acids is 1. The maximum absolute atomic E-state index is 14.6. The summed E-state index contributed by atoms with van der Waals surface area (Å²) in [4.78, 5) is 25.1. The van der Waals surface area contributed by atoms with E-state index >= 15 is 0 Å². The molecule has 0 unspecified atom stereocenters. The summed E-state index contributed by atoms with van der Waals surface area (Å²) in [5.74, 6) is 4.83. The fourth-order valence-electron chi connectivity index (χ4n) is 5.60. The summed E-state index contributed by atoms with van der Waals surface area (Å²) >= 11 is 0. The number of nitrogens with zero attached hydrogens (tertiary/aromatic N) is 2. The predicted molar refractivity (Wildman–Crippen MR) is 174 cm³/mol. The molecule has 254 valence electrons. The lowest BCUT2D eigenvalue weighted by Crippen LogP contribution is -2.41. The van der Waals surface area contributed by atoms with Gasteiger partial charge in [-0.25, -0.2) is 4.39 Å². The van der Waals surface area contributed by atoms with Crippen molar-refractivity contribution in [1.29, 1.82) is 0 Å². The van der Waals surface area contributed by atoms with Crippen LogP contribution in [0.3, 0.4) is 0 Å². The number of halogens is 4. The van der Waals surface area contributed by atoms with Crippen molar-refractivity contribution < 1.29 is 37.0 Å². The van der Waals surface area contributed by atoms with E-state index in [1.54, 1.807) is 42.5 Å². The molecule has 1 aromatic heterocycles. The van der Waals surface area contributed by atoms with Gasteiger partial charge in [0.15, 0.2) is 0 Å². The van der Waals surface area contributed by atoms with Crippen molar-refractivity contribution >= 4 is 34.2 Å². The second-order valence-corrected chi connectivity index (χ2v) is 11.7. The highest BCUT2D eigenvalue weighted by molar-refractivity contribution is 5.95. The van der Waals surface area contributed by atoms with Crippen LogP contribution < -0.4 is 20.7 Å². The van der Waals surface area contributed by atoms with Crippen LogP contribution >= 0.6 is 0 Å². The third-order valence-electron chi connectivity index (χ3n) is 8.12. The molecule has 0 aliphatic carbocycles. The molecular formula is C34H41F4N5O4. The predicted octanol–water partition coefficient (Wildman–Crippen LogP) is 5.75. The van der Waals surface area contributed by atoms with Crippen LogP contribution in [0.15, 0.2) is 42.5 Å². The Hall–Kier alpha value is -4.44. The number of methoxy groups -OCH3 is 1. The number of fused-ring (bicyclic) bond motifs is 1. The Morgan fingerprint density at radius 3 is 2.62 bits per heavy atom. The van der Waals surface area contributed by atoms with Crippen LogP contribution in [-0.2, 0) is 11.3 Å². The van der Waals surface area contributed by atoms with Crippen molar-refractivity contribution in [2.24, 2.45) is 5.92 Å². The lowest BCUT2D eigenvalue weighted by molar-refractivity contribution is -0.140. The van der Waals surface area contributed by atoms with Gasteiger partial charge >= 0.3 is 12.1 Å². The molecule has 0 bridgehead atoms. The zero-order valence-corrected chi connectivity index (χ0v) is 26.6. The third kappa shape index (κ3) is 10.3. The van der Waals surface area contributed by atoms with Gasteiger partial charge in [0.2, 0.25) is 0 Å². The SMILES string of the molecule is COc1cc(C(=O)NCCCCCC(=O)O)ccc1NCC#Cc1cc2c(NC[C@H]3CCN(C)C[C@H]3F)cccc2n1CC(F)(F)F. The van der Waals surface area contributed by atoms with E-state index in [0.29, 0.717) is 78.9 Å². The van der Waals surface area contributed by atoms with E-state index < -0.39 is 24.9 Å². The van der Waals surface area contributed by atoms with E-state index in [1.165, 1.54) is 7.11 Å². The van der Waals surface area contributed by atoms with Crippen molar-refractivity contribution in [3.8, 4) is 17.6 Å². The average Bonchev–Trinajstić information content (AvgIpc) is 3.36. The number of carboxylic acids is 1. The minimum atomic E-state index is -4.47. The number of carbonyl (C=O) groups excluding carboxylic acids is 1. The Morgan fingerprint density at radius 1 is 1.09 bits per heavy atom. The van der Waals surface area contributed by atoms with E-state index in [-0.39, 0.29) is 30.5 Å². The number of rotatable bonds is 14. The first-order valence-electron chi connectivity index (χ1n) is 15.6. The van der Waals surface area contributed by atoms with Gasteiger partial charge in [0, 0.05) is 48.6 Å². The van der Waals surface area contributed by atoms with E-state index in [0.717, 1.165) is 11.1 Å². The van der Waals surface area contributed by atoms with E-state index in [2.05, 4.69) is 27.8 Å². The second-order valence-electron chi connectivity index (χ2n) is 11.7. The summed E-state index contributed by atoms with van der Waals surface area (Å²) in [6, 6.07) is 11.5. The normalized spacial score (nSPS) is 16.7. The molecule has 4 N–H and O–H groups in total. The topological polar surface area (TPSA) is 108 Å². The fraction of sp³-hybridized carbons (Fsp3) is 0.471. The Morgan fingerprint density at radius 2 is 1.89 bits per heavy atom.